The molecular formula is C22H25N3O4. The van der Waals surface area contributed by atoms with E-state index in [-0.39, 0.29) is 23.6 Å². The monoisotopic (exact) mass is 395 g/mol. The van der Waals surface area contributed by atoms with Gasteiger partial charge in [0.25, 0.3) is 0 Å². The lowest BCUT2D eigenvalue weighted by atomic mass is 10.1. The molecule has 1 aromatic rings. The van der Waals surface area contributed by atoms with Crippen LogP contribution in [0.25, 0.3) is 0 Å². The lowest BCUT2D eigenvalue weighted by molar-refractivity contribution is -0.115. The fraction of sp³-hybridized carbons (Fsp3) is 0.318. The van der Waals surface area contributed by atoms with E-state index in [9.17, 15) is 14.7 Å². The van der Waals surface area contributed by atoms with Gasteiger partial charge in [0.1, 0.15) is 5.82 Å². The molecule has 0 unspecified atom stereocenters. The predicted octanol–water partition coefficient (Wildman–Crippen LogP) is 2.91. The van der Waals surface area contributed by atoms with Crippen molar-refractivity contribution in [2.75, 3.05) is 31.6 Å². The van der Waals surface area contributed by atoms with Gasteiger partial charge < -0.3 is 20.1 Å². The molecule has 1 heterocycles. The van der Waals surface area contributed by atoms with Gasteiger partial charge in [0.15, 0.2) is 0 Å². The Bertz CT molecular complexity index is 900. The molecule has 0 aliphatic carbocycles. The highest BCUT2D eigenvalue weighted by molar-refractivity contribution is 6.00. The molecule has 7 heteroatoms. The average molecular weight is 395 g/mol. The number of rotatable bonds is 6. The van der Waals surface area contributed by atoms with Crippen molar-refractivity contribution >= 4 is 23.8 Å². The number of anilines is 1. The Morgan fingerprint density at radius 3 is 2.72 bits per heavy atom. The van der Waals surface area contributed by atoms with Crippen molar-refractivity contribution in [2.24, 2.45) is 4.99 Å². The van der Waals surface area contributed by atoms with E-state index in [0.717, 1.165) is 13.1 Å². The van der Waals surface area contributed by atoms with Gasteiger partial charge in [-0.15, -0.1) is 0 Å². The maximum Gasteiger partial charge on any atom is 0.337 e. The summed E-state index contributed by atoms with van der Waals surface area (Å²) in [4.78, 5) is 29.5. The first kappa shape index (κ1) is 21.9. The largest absolute Gasteiger partial charge is 0.478 e. The summed E-state index contributed by atoms with van der Waals surface area (Å²) in [5, 5.41) is 12.0. The topological polar surface area (TPSA) is 91.2 Å². The van der Waals surface area contributed by atoms with Crippen LogP contribution >= 0.6 is 0 Å². The Hall–Kier alpha value is -3.37. The molecule has 0 aromatic heterocycles. The number of nitrogens with zero attached hydrogens (tertiary/aromatic N) is 2. The minimum atomic E-state index is -1.13. The van der Waals surface area contributed by atoms with E-state index in [1.165, 1.54) is 6.07 Å². The van der Waals surface area contributed by atoms with E-state index >= 15 is 0 Å². The van der Waals surface area contributed by atoms with E-state index in [4.69, 9.17) is 4.74 Å². The summed E-state index contributed by atoms with van der Waals surface area (Å²) in [5.74, 6) is 5.19. The predicted molar refractivity (Wildman–Crippen MR) is 113 cm³/mol. The SMILES string of the molecule is C=C(/N=C\C(C#Cc1ccc(NC(=O)CC)c(C(=O)O)c1)=C/C)N1CCOCC1. The van der Waals surface area contributed by atoms with Crippen LogP contribution in [0.3, 0.4) is 0 Å². The summed E-state index contributed by atoms with van der Waals surface area (Å²) in [6.07, 6.45) is 3.72. The summed E-state index contributed by atoms with van der Waals surface area (Å²) in [7, 11) is 0. The summed E-state index contributed by atoms with van der Waals surface area (Å²) >= 11 is 0. The number of morpholine rings is 1. The molecule has 1 amide bonds. The number of nitrogens with one attached hydrogen (secondary N) is 1. The van der Waals surface area contributed by atoms with Crippen molar-refractivity contribution in [1.29, 1.82) is 0 Å². The second kappa shape index (κ2) is 10.8. The molecule has 1 saturated heterocycles. The van der Waals surface area contributed by atoms with Crippen LogP contribution in [0.15, 0.2) is 47.2 Å². The number of amides is 1. The molecule has 2 N–H and O–H groups in total. The molecule has 0 atom stereocenters. The molecule has 1 aliphatic rings. The smallest absolute Gasteiger partial charge is 0.337 e. The molecule has 1 aromatic carbocycles. The van der Waals surface area contributed by atoms with Crippen molar-refractivity contribution < 1.29 is 19.4 Å². The number of carboxylic acid groups (broad SMARTS) is 1. The van der Waals surface area contributed by atoms with Crippen LogP contribution in [-0.2, 0) is 9.53 Å². The molecule has 0 spiro atoms. The first-order chi connectivity index (χ1) is 13.9. The fourth-order valence-electron chi connectivity index (χ4n) is 2.52. The van der Waals surface area contributed by atoms with Gasteiger partial charge in [-0.3, -0.25) is 4.79 Å². The van der Waals surface area contributed by atoms with Crippen LogP contribution in [-0.4, -0.2) is 54.4 Å². The van der Waals surface area contributed by atoms with Crippen LogP contribution < -0.4 is 5.32 Å². The van der Waals surface area contributed by atoms with Gasteiger partial charge in [0.2, 0.25) is 5.91 Å². The van der Waals surface area contributed by atoms with Crippen molar-refractivity contribution in [3.63, 3.8) is 0 Å². The maximum atomic E-state index is 11.6. The molecule has 29 heavy (non-hydrogen) atoms. The molecule has 0 radical (unpaired) electrons. The summed E-state index contributed by atoms with van der Waals surface area (Å²) < 4.78 is 5.31. The van der Waals surface area contributed by atoms with Gasteiger partial charge in [-0.05, 0) is 25.1 Å². The Morgan fingerprint density at radius 2 is 2.10 bits per heavy atom. The number of aromatic carboxylic acids is 1. The quantitative estimate of drug-likeness (QED) is 0.571. The normalized spacial score (nSPS) is 14.3. The van der Waals surface area contributed by atoms with E-state index in [0.29, 0.717) is 30.2 Å². The molecule has 0 bridgehead atoms. The molecule has 7 nitrogen and oxygen atoms in total. The van der Waals surface area contributed by atoms with Gasteiger partial charge in [0, 0.05) is 36.9 Å². The highest BCUT2D eigenvalue weighted by atomic mass is 16.5. The van der Waals surface area contributed by atoms with Crippen molar-refractivity contribution in [3.05, 3.63) is 53.4 Å². The van der Waals surface area contributed by atoms with Gasteiger partial charge in [-0.25, -0.2) is 9.79 Å². The Kier molecular flexibility index (Phi) is 8.19. The number of aliphatic imine (C=N–C) groups is 1. The van der Waals surface area contributed by atoms with E-state index in [1.807, 2.05) is 17.9 Å². The second-order valence-corrected chi connectivity index (χ2v) is 6.24. The number of hydrogen-bond acceptors (Lipinski definition) is 5. The number of carbonyl (C=O) groups is 2. The van der Waals surface area contributed by atoms with Crippen LogP contribution in [0.2, 0.25) is 0 Å². The van der Waals surface area contributed by atoms with Crippen molar-refractivity contribution in [1.82, 2.24) is 4.90 Å². The highest BCUT2D eigenvalue weighted by Gasteiger charge is 2.13. The fourth-order valence-corrected chi connectivity index (χ4v) is 2.52. The van der Waals surface area contributed by atoms with Crippen LogP contribution in [0.5, 0.6) is 0 Å². The van der Waals surface area contributed by atoms with Crippen LogP contribution in [0, 0.1) is 11.8 Å². The summed E-state index contributed by atoms with van der Waals surface area (Å²) in [5.41, 5.74) is 1.45. The number of allylic oxidation sites excluding steroid dienone is 2. The highest BCUT2D eigenvalue weighted by Crippen LogP contribution is 2.18. The number of hydrogen-bond donors (Lipinski definition) is 2. The zero-order chi connectivity index (χ0) is 21.2. The molecule has 2 rings (SSSR count). The van der Waals surface area contributed by atoms with Gasteiger partial charge in [-0.2, -0.15) is 0 Å². The van der Waals surface area contributed by atoms with E-state index in [1.54, 1.807) is 25.3 Å². The first-order valence-electron chi connectivity index (χ1n) is 9.35. The van der Waals surface area contributed by atoms with Crippen LogP contribution in [0.1, 0.15) is 36.2 Å². The Morgan fingerprint density at radius 1 is 1.38 bits per heavy atom. The number of carbonyl (C=O) groups excluding carboxylic acids is 1. The number of benzene rings is 1. The van der Waals surface area contributed by atoms with E-state index < -0.39 is 5.97 Å². The maximum absolute atomic E-state index is 11.6. The molecular weight excluding hydrogens is 370 g/mol. The van der Waals surface area contributed by atoms with Gasteiger partial charge in [0.05, 0.1) is 24.5 Å². The minimum absolute atomic E-state index is 0.00464. The van der Waals surface area contributed by atoms with Gasteiger partial charge in [-0.1, -0.05) is 31.4 Å². The molecule has 152 valence electrons. The summed E-state index contributed by atoms with van der Waals surface area (Å²) in [6, 6.07) is 4.66. The molecule has 1 fully saturated rings. The third-order valence-electron chi connectivity index (χ3n) is 4.24. The lowest BCUT2D eigenvalue weighted by Crippen LogP contribution is -2.34. The lowest BCUT2D eigenvalue weighted by Gasteiger charge is -2.27. The third-order valence-corrected chi connectivity index (χ3v) is 4.24. The molecule has 0 saturated carbocycles. The second-order valence-electron chi connectivity index (χ2n) is 6.24. The zero-order valence-electron chi connectivity index (χ0n) is 16.7. The number of ether oxygens (including phenoxy) is 1. The minimum Gasteiger partial charge on any atom is -0.478 e. The Balaban J connectivity index is 2.14. The first-order valence-corrected chi connectivity index (χ1v) is 9.35. The van der Waals surface area contributed by atoms with Gasteiger partial charge >= 0.3 is 5.97 Å². The zero-order valence-corrected chi connectivity index (χ0v) is 16.7. The third kappa shape index (κ3) is 6.63. The van der Waals surface area contributed by atoms with Crippen molar-refractivity contribution in [3.8, 4) is 11.8 Å². The Labute approximate surface area is 170 Å². The average Bonchev–Trinajstić information content (AvgIpc) is 2.74. The van der Waals surface area contributed by atoms with E-state index in [2.05, 4.69) is 28.7 Å². The van der Waals surface area contributed by atoms with Crippen molar-refractivity contribution in [2.45, 2.75) is 20.3 Å². The summed E-state index contributed by atoms with van der Waals surface area (Å²) in [6.45, 7) is 10.3. The van der Waals surface area contributed by atoms with Crippen LogP contribution in [0.4, 0.5) is 5.69 Å². The molecule has 1 aliphatic heterocycles. The standard InChI is InChI=1S/C22H25N3O4/c1-4-17(15-23-16(3)25-10-12-29-13-11-25)6-7-18-8-9-20(24-21(26)5-2)19(14-18)22(27)28/h4,8-9,14-15H,3,5,10-13H2,1-2H3,(H,24,26)(H,27,28)/b17-4-,23-15-. The number of carboxylic acids is 1.